The summed E-state index contributed by atoms with van der Waals surface area (Å²) >= 11 is 0. The van der Waals surface area contributed by atoms with Crippen LogP contribution in [-0.4, -0.2) is 25.3 Å². The minimum atomic E-state index is 0.500. The Labute approximate surface area is 107 Å². The number of rotatable bonds is 8. The van der Waals surface area contributed by atoms with Gasteiger partial charge in [0, 0.05) is 19.1 Å². The molecule has 2 nitrogen and oxygen atoms in total. The first-order chi connectivity index (χ1) is 8.36. The second kappa shape index (κ2) is 9.50. The highest BCUT2D eigenvalue weighted by Gasteiger charge is 2.16. The van der Waals surface area contributed by atoms with Crippen LogP contribution in [0.25, 0.3) is 0 Å². The molecule has 2 unspecified atom stereocenters. The van der Waals surface area contributed by atoms with Gasteiger partial charge in [0.25, 0.3) is 0 Å². The lowest BCUT2D eigenvalue weighted by molar-refractivity contribution is 0.00847. The molecule has 1 heterocycles. The third-order valence-corrected chi connectivity index (χ3v) is 3.43. The van der Waals surface area contributed by atoms with Gasteiger partial charge in [0.05, 0.1) is 6.10 Å². The lowest BCUT2D eigenvalue weighted by Gasteiger charge is -2.25. The van der Waals surface area contributed by atoms with Gasteiger partial charge in [0.1, 0.15) is 0 Å². The highest BCUT2D eigenvalue weighted by Crippen LogP contribution is 2.18. The van der Waals surface area contributed by atoms with Gasteiger partial charge in [-0.2, -0.15) is 0 Å². The molecule has 0 aromatic heterocycles. The molecule has 0 amide bonds. The van der Waals surface area contributed by atoms with Crippen molar-refractivity contribution >= 4 is 0 Å². The zero-order valence-corrected chi connectivity index (χ0v) is 11.2. The van der Waals surface area contributed by atoms with Crippen LogP contribution >= 0.6 is 0 Å². The molecule has 0 spiro atoms. The summed E-state index contributed by atoms with van der Waals surface area (Å²) < 4.78 is 5.77. The normalized spacial score (nSPS) is 22.0. The van der Waals surface area contributed by atoms with E-state index < -0.39 is 0 Å². The Morgan fingerprint density at radius 1 is 1.41 bits per heavy atom. The van der Waals surface area contributed by atoms with Crippen molar-refractivity contribution in [3.05, 3.63) is 0 Å². The van der Waals surface area contributed by atoms with E-state index in [4.69, 9.17) is 11.2 Å². The Hall–Kier alpha value is -0.520. The molecule has 1 saturated heterocycles. The molecule has 98 valence electrons. The fraction of sp³-hybridized carbons (Fsp3) is 0.867. The van der Waals surface area contributed by atoms with Crippen molar-refractivity contribution in [1.82, 2.24) is 5.32 Å². The highest BCUT2D eigenvalue weighted by atomic mass is 16.5. The van der Waals surface area contributed by atoms with Crippen molar-refractivity contribution in [1.29, 1.82) is 0 Å². The first kappa shape index (κ1) is 14.5. The zero-order valence-electron chi connectivity index (χ0n) is 11.2. The second-order valence-electron chi connectivity index (χ2n) is 4.96. The molecule has 2 atom stereocenters. The molecule has 1 N–H and O–H groups in total. The highest BCUT2D eigenvalue weighted by molar-refractivity contribution is 4.86. The average molecular weight is 237 g/mol. The lowest BCUT2D eigenvalue weighted by atomic mass is 9.99. The molecule has 1 aliphatic heterocycles. The van der Waals surface area contributed by atoms with Crippen LogP contribution in [0.2, 0.25) is 0 Å². The minimum Gasteiger partial charge on any atom is -0.378 e. The summed E-state index contributed by atoms with van der Waals surface area (Å²) in [6.07, 6.45) is 15.2. The molecule has 1 aliphatic rings. The van der Waals surface area contributed by atoms with E-state index >= 15 is 0 Å². The molecule has 0 bridgehead atoms. The zero-order chi connectivity index (χ0) is 12.3. The van der Waals surface area contributed by atoms with Gasteiger partial charge in [-0.1, -0.05) is 6.92 Å². The third kappa shape index (κ3) is 6.71. The smallest absolute Gasteiger partial charge is 0.0575 e. The molecule has 0 radical (unpaired) electrons. The summed E-state index contributed by atoms with van der Waals surface area (Å²) in [6, 6.07) is 0.580. The molecule has 1 rings (SSSR count). The van der Waals surface area contributed by atoms with Crippen molar-refractivity contribution in [2.45, 2.75) is 70.4 Å². The van der Waals surface area contributed by atoms with Gasteiger partial charge in [0.15, 0.2) is 0 Å². The first-order valence-corrected chi connectivity index (χ1v) is 7.15. The average Bonchev–Trinajstić information content (AvgIpc) is 2.39. The molecular formula is C15H27NO. The molecule has 0 aromatic rings. The van der Waals surface area contributed by atoms with Gasteiger partial charge >= 0.3 is 0 Å². The van der Waals surface area contributed by atoms with Crippen LogP contribution in [0.1, 0.15) is 58.3 Å². The third-order valence-electron chi connectivity index (χ3n) is 3.43. The predicted molar refractivity (Wildman–Crippen MR) is 73.0 cm³/mol. The van der Waals surface area contributed by atoms with E-state index in [0.29, 0.717) is 12.1 Å². The Kier molecular flexibility index (Phi) is 8.13. The SMILES string of the molecule is C#CCCC(CCC1CCCCO1)NCCC. The summed E-state index contributed by atoms with van der Waals surface area (Å²) in [5.41, 5.74) is 0. The molecule has 2 heteroatoms. The topological polar surface area (TPSA) is 21.3 Å². The van der Waals surface area contributed by atoms with Crippen LogP contribution in [0.3, 0.4) is 0 Å². The van der Waals surface area contributed by atoms with E-state index in [9.17, 15) is 0 Å². The molecule has 0 saturated carbocycles. The van der Waals surface area contributed by atoms with Crippen LogP contribution in [0.5, 0.6) is 0 Å². The van der Waals surface area contributed by atoms with Crippen LogP contribution in [-0.2, 0) is 4.74 Å². The van der Waals surface area contributed by atoms with E-state index in [1.54, 1.807) is 0 Å². The van der Waals surface area contributed by atoms with Gasteiger partial charge in [-0.3, -0.25) is 0 Å². The van der Waals surface area contributed by atoms with E-state index in [1.165, 1.54) is 38.5 Å². The summed E-state index contributed by atoms with van der Waals surface area (Å²) in [5.74, 6) is 2.74. The van der Waals surface area contributed by atoms with Gasteiger partial charge < -0.3 is 10.1 Å². The van der Waals surface area contributed by atoms with Crippen molar-refractivity contribution in [3.8, 4) is 12.3 Å². The molecule has 0 aliphatic carbocycles. The molecular weight excluding hydrogens is 210 g/mol. The number of terminal acetylenes is 1. The van der Waals surface area contributed by atoms with Crippen molar-refractivity contribution in [2.24, 2.45) is 0 Å². The predicted octanol–water partition coefficient (Wildman–Crippen LogP) is 3.12. The van der Waals surface area contributed by atoms with Crippen LogP contribution in [0.4, 0.5) is 0 Å². The first-order valence-electron chi connectivity index (χ1n) is 7.15. The maximum absolute atomic E-state index is 5.77. The van der Waals surface area contributed by atoms with E-state index in [2.05, 4.69) is 18.2 Å². The van der Waals surface area contributed by atoms with Gasteiger partial charge in [-0.05, 0) is 51.5 Å². The van der Waals surface area contributed by atoms with Gasteiger partial charge in [-0.15, -0.1) is 12.3 Å². The standard InChI is InChI=1S/C15H27NO/c1-3-5-8-14(16-12-4-2)10-11-15-9-6-7-13-17-15/h1,14-16H,4-13H2,2H3. The van der Waals surface area contributed by atoms with Gasteiger partial charge in [-0.25, -0.2) is 0 Å². The lowest BCUT2D eigenvalue weighted by Crippen LogP contribution is -2.31. The fourth-order valence-electron chi connectivity index (χ4n) is 2.38. The quantitative estimate of drug-likeness (QED) is 0.655. The Morgan fingerprint density at radius 2 is 2.29 bits per heavy atom. The van der Waals surface area contributed by atoms with E-state index in [-0.39, 0.29) is 0 Å². The number of ether oxygens (including phenoxy) is 1. The fourth-order valence-corrected chi connectivity index (χ4v) is 2.38. The monoisotopic (exact) mass is 237 g/mol. The summed E-state index contributed by atoms with van der Waals surface area (Å²) in [6.45, 7) is 4.26. The van der Waals surface area contributed by atoms with E-state index in [1.807, 2.05) is 0 Å². The van der Waals surface area contributed by atoms with Crippen LogP contribution in [0, 0.1) is 12.3 Å². The van der Waals surface area contributed by atoms with Crippen LogP contribution < -0.4 is 5.32 Å². The van der Waals surface area contributed by atoms with Crippen molar-refractivity contribution in [2.75, 3.05) is 13.2 Å². The summed E-state index contributed by atoms with van der Waals surface area (Å²) in [4.78, 5) is 0. The van der Waals surface area contributed by atoms with Crippen molar-refractivity contribution in [3.63, 3.8) is 0 Å². The van der Waals surface area contributed by atoms with Gasteiger partial charge in [0.2, 0.25) is 0 Å². The maximum Gasteiger partial charge on any atom is 0.0575 e. The largest absolute Gasteiger partial charge is 0.378 e. The summed E-state index contributed by atoms with van der Waals surface area (Å²) in [5, 5.41) is 3.59. The maximum atomic E-state index is 5.77. The van der Waals surface area contributed by atoms with Crippen LogP contribution in [0.15, 0.2) is 0 Å². The Balaban J connectivity index is 2.18. The Morgan fingerprint density at radius 3 is 2.94 bits per heavy atom. The minimum absolute atomic E-state index is 0.500. The number of nitrogens with one attached hydrogen (secondary N) is 1. The van der Waals surface area contributed by atoms with Crippen molar-refractivity contribution < 1.29 is 4.74 Å². The number of hydrogen-bond donors (Lipinski definition) is 1. The Bertz CT molecular complexity index is 215. The summed E-state index contributed by atoms with van der Waals surface area (Å²) in [7, 11) is 0. The molecule has 0 aromatic carbocycles. The molecule has 17 heavy (non-hydrogen) atoms. The van der Waals surface area contributed by atoms with E-state index in [0.717, 1.165) is 26.0 Å². The number of hydrogen-bond acceptors (Lipinski definition) is 2. The second-order valence-corrected chi connectivity index (χ2v) is 4.96. The molecule has 1 fully saturated rings.